The molecule has 0 saturated heterocycles. The van der Waals surface area contributed by atoms with Gasteiger partial charge in [0.2, 0.25) is 0 Å². The smallest absolute Gasteiger partial charge is 1.00 e. The average molecular weight is 206 g/mol. The summed E-state index contributed by atoms with van der Waals surface area (Å²) in [4.78, 5) is 21.9. The van der Waals surface area contributed by atoms with Gasteiger partial charge in [-0.25, -0.2) is 0 Å². The fourth-order valence-corrected chi connectivity index (χ4v) is 1.29. The molecule has 1 aromatic rings. The summed E-state index contributed by atoms with van der Waals surface area (Å²) >= 11 is 5.65. The van der Waals surface area contributed by atoms with Gasteiger partial charge in [0.05, 0.1) is 11.3 Å². The second kappa shape index (κ2) is 3.80. The van der Waals surface area contributed by atoms with Crippen LogP contribution in [0.3, 0.4) is 0 Å². The summed E-state index contributed by atoms with van der Waals surface area (Å²) in [7, 11) is 0. The van der Waals surface area contributed by atoms with Gasteiger partial charge in [0.15, 0.2) is 0 Å². The molecule has 0 spiro atoms. The summed E-state index contributed by atoms with van der Waals surface area (Å²) < 4.78 is 0. The minimum atomic E-state index is -0.590. The van der Waals surface area contributed by atoms with Crippen LogP contribution in [0.4, 0.5) is 5.69 Å². The Morgan fingerprint density at radius 2 is 2.00 bits per heavy atom. The zero-order chi connectivity index (χ0) is 8.72. The number of anilines is 1. The second-order valence-corrected chi connectivity index (χ2v) is 2.91. The summed E-state index contributed by atoms with van der Waals surface area (Å²) in [5.74, 6) is -1.11. The van der Waals surface area contributed by atoms with Gasteiger partial charge in [-0.05, 0) is 18.2 Å². The van der Waals surface area contributed by atoms with E-state index in [0.717, 1.165) is 0 Å². The van der Waals surface area contributed by atoms with Gasteiger partial charge in [-0.1, -0.05) is 11.6 Å². The third kappa shape index (κ3) is 1.79. The first-order chi connectivity index (χ1) is 5.68. The molecular weight excluding hydrogens is 201 g/mol. The van der Waals surface area contributed by atoms with E-state index >= 15 is 0 Å². The third-order valence-corrected chi connectivity index (χ3v) is 1.92. The fourth-order valence-electron chi connectivity index (χ4n) is 1.11. The van der Waals surface area contributed by atoms with E-state index in [4.69, 9.17) is 11.6 Å². The number of amides is 1. The summed E-state index contributed by atoms with van der Waals surface area (Å²) in [6.07, 6.45) is 0. The number of Topliss-reactive ketones (excluding diaryl/α,β-unsaturated/α-hetero) is 1. The van der Waals surface area contributed by atoms with Crippen molar-refractivity contribution in [1.82, 2.24) is 0 Å². The SMILES string of the molecule is O=C1Nc2ccc(Cl)cc2C1=O.[H-].[Na+]. The average Bonchev–Trinajstić information content (AvgIpc) is 2.31. The van der Waals surface area contributed by atoms with E-state index in [2.05, 4.69) is 5.32 Å². The van der Waals surface area contributed by atoms with Gasteiger partial charge in [-0.15, -0.1) is 0 Å². The van der Waals surface area contributed by atoms with Crippen LogP contribution < -0.4 is 34.9 Å². The number of ketones is 1. The third-order valence-electron chi connectivity index (χ3n) is 1.68. The Balaban J connectivity index is 0.000000845. The number of hydrogen-bond acceptors (Lipinski definition) is 2. The van der Waals surface area contributed by atoms with Gasteiger partial charge in [-0.2, -0.15) is 0 Å². The van der Waals surface area contributed by atoms with Crippen LogP contribution in [0.1, 0.15) is 11.8 Å². The molecule has 0 aliphatic carbocycles. The molecule has 1 amide bonds. The first kappa shape index (κ1) is 10.7. The first-order valence-corrected chi connectivity index (χ1v) is 3.71. The van der Waals surface area contributed by atoms with Crippen molar-refractivity contribution in [2.45, 2.75) is 0 Å². The quantitative estimate of drug-likeness (QED) is 0.418. The molecule has 0 bridgehead atoms. The number of benzene rings is 1. The van der Waals surface area contributed by atoms with Crippen molar-refractivity contribution < 1.29 is 40.6 Å². The number of hydrogen-bond donors (Lipinski definition) is 1. The number of rotatable bonds is 0. The monoisotopic (exact) mass is 205 g/mol. The van der Waals surface area contributed by atoms with Crippen molar-refractivity contribution in [3.05, 3.63) is 28.8 Å². The molecule has 13 heavy (non-hydrogen) atoms. The maximum Gasteiger partial charge on any atom is 1.00 e. The zero-order valence-electron chi connectivity index (χ0n) is 7.93. The van der Waals surface area contributed by atoms with Crippen molar-refractivity contribution in [2.24, 2.45) is 0 Å². The molecule has 1 N–H and O–H groups in total. The van der Waals surface area contributed by atoms with Crippen LogP contribution in [0.15, 0.2) is 18.2 Å². The van der Waals surface area contributed by atoms with Crippen LogP contribution in [0.5, 0.6) is 0 Å². The Kier molecular flexibility index (Phi) is 3.14. The molecule has 0 fully saturated rings. The molecule has 0 radical (unpaired) electrons. The number of fused-ring (bicyclic) bond motifs is 1. The molecule has 62 valence electrons. The van der Waals surface area contributed by atoms with E-state index in [0.29, 0.717) is 16.3 Å². The van der Waals surface area contributed by atoms with Gasteiger partial charge in [0.1, 0.15) is 0 Å². The Labute approximate surface area is 103 Å². The normalized spacial score (nSPS) is 13.3. The van der Waals surface area contributed by atoms with E-state index in [-0.39, 0.29) is 31.0 Å². The molecule has 5 heteroatoms. The predicted molar refractivity (Wildman–Crippen MR) is 45.5 cm³/mol. The van der Waals surface area contributed by atoms with Crippen LogP contribution in [0.25, 0.3) is 0 Å². The van der Waals surface area contributed by atoms with Crippen LogP contribution in [-0.4, -0.2) is 11.7 Å². The van der Waals surface area contributed by atoms with Gasteiger partial charge < -0.3 is 6.74 Å². The molecule has 2 rings (SSSR count). The summed E-state index contributed by atoms with van der Waals surface area (Å²) in [5, 5.41) is 2.88. The molecule has 0 saturated carbocycles. The molecule has 1 aromatic carbocycles. The van der Waals surface area contributed by atoms with Crippen molar-refractivity contribution in [1.29, 1.82) is 0 Å². The van der Waals surface area contributed by atoms with Gasteiger partial charge in [-0.3, -0.25) is 9.59 Å². The van der Waals surface area contributed by atoms with Crippen molar-refractivity contribution in [2.75, 3.05) is 5.32 Å². The van der Waals surface area contributed by atoms with Gasteiger partial charge >= 0.3 is 29.6 Å². The Morgan fingerprint density at radius 3 is 2.69 bits per heavy atom. The first-order valence-electron chi connectivity index (χ1n) is 3.34. The van der Waals surface area contributed by atoms with Crippen LogP contribution in [0, 0.1) is 0 Å². The van der Waals surface area contributed by atoms with Crippen LogP contribution in [-0.2, 0) is 4.79 Å². The van der Waals surface area contributed by atoms with Gasteiger partial charge in [0.25, 0.3) is 11.7 Å². The largest absolute Gasteiger partial charge is 1.00 e. The van der Waals surface area contributed by atoms with E-state index in [1.165, 1.54) is 6.07 Å². The summed E-state index contributed by atoms with van der Waals surface area (Å²) in [6.45, 7) is 0. The standard InChI is InChI=1S/C8H4ClNO2.Na.H/c9-4-1-2-6-5(3-4)7(11)8(12)10-6;;/h1-3H,(H,10,11,12);;/q;+1;-1. The molecule has 1 aliphatic heterocycles. The minimum absolute atomic E-state index is 0. The zero-order valence-corrected chi connectivity index (χ0v) is 9.68. The number of carbonyl (C=O) groups excluding carboxylic acids is 2. The van der Waals surface area contributed by atoms with E-state index < -0.39 is 11.7 Å². The molecule has 0 atom stereocenters. The van der Waals surface area contributed by atoms with E-state index in [9.17, 15) is 9.59 Å². The maximum absolute atomic E-state index is 11.1. The number of carbonyl (C=O) groups is 2. The van der Waals surface area contributed by atoms with Crippen molar-refractivity contribution in [3.63, 3.8) is 0 Å². The fraction of sp³-hybridized carbons (Fsp3) is 0. The van der Waals surface area contributed by atoms with E-state index in [1.807, 2.05) is 0 Å². The summed E-state index contributed by atoms with van der Waals surface area (Å²) in [5.41, 5.74) is 0.891. The number of halogens is 1. The predicted octanol–water partition coefficient (Wildman–Crippen LogP) is -1.41. The molecule has 0 aromatic heterocycles. The topological polar surface area (TPSA) is 46.2 Å². The van der Waals surface area contributed by atoms with Gasteiger partial charge in [0, 0.05) is 5.02 Å². The molecule has 3 nitrogen and oxygen atoms in total. The minimum Gasteiger partial charge on any atom is -1.00 e. The Bertz CT molecular complexity index is 397. The second-order valence-electron chi connectivity index (χ2n) is 2.47. The van der Waals surface area contributed by atoms with Crippen LogP contribution >= 0.6 is 11.6 Å². The molecule has 0 unspecified atom stereocenters. The Morgan fingerprint density at radius 1 is 1.31 bits per heavy atom. The summed E-state index contributed by atoms with van der Waals surface area (Å²) in [6, 6.07) is 4.72. The molecule has 1 heterocycles. The number of nitrogens with one attached hydrogen (secondary N) is 1. The molecular formula is C8H5ClNNaO2. The van der Waals surface area contributed by atoms with E-state index in [1.54, 1.807) is 12.1 Å². The van der Waals surface area contributed by atoms with Crippen molar-refractivity contribution >= 4 is 29.0 Å². The van der Waals surface area contributed by atoms with Crippen LogP contribution in [0.2, 0.25) is 5.02 Å². The van der Waals surface area contributed by atoms with Crippen molar-refractivity contribution in [3.8, 4) is 0 Å². The molecule has 1 aliphatic rings. The Hall–Kier alpha value is -0.350. The maximum atomic E-state index is 11.1.